The molecule has 1 aromatic carbocycles. The highest BCUT2D eigenvalue weighted by atomic mass is 35.5. The molecule has 1 N–H and O–H groups in total. The third-order valence-corrected chi connectivity index (χ3v) is 6.55. The third-order valence-electron chi connectivity index (χ3n) is 6.33. The summed E-state index contributed by atoms with van der Waals surface area (Å²) in [6.07, 6.45) is 2.93. The molecule has 9 heteroatoms. The molecule has 178 valence electrons. The Bertz CT molecular complexity index is 1400. The molecular formula is C26H25ClN6O2. The Morgan fingerprint density at radius 2 is 1.94 bits per heavy atom. The molecule has 2 amide bonds. The summed E-state index contributed by atoms with van der Waals surface area (Å²) in [4.78, 5) is 37.4. The summed E-state index contributed by atoms with van der Waals surface area (Å²) < 4.78 is 1.71. The zero-order chi connectivity index (χ0) is 24.5. The van der Waals surface area contributed by atoms with Gasteiger partial charge in [0.2, 0.25) is 5.91 Å². The Hall–Kier alpha value is -3.78. The molecule has 0 bridgehead atoms. The molecular weight excluding hydrogens is 464 g/mol. The van der Waals surface area contributed by atoms with Crippen molar-refractivity contribution in [3.8, 4) is 11.3 Å². The highest BCUT2D eigenvalue weighted by Crippen LogP contribution is 2.29. The molecule has 1 atom stereocenters. The molecule has 0 radical (unpaired) electrons. The molecule has 4 aromatic rings. The van der Waals surface area contributed by atoms with Crippen LogP contribution < -0.4 is 5.32 Å². The normalized spacial score (nSPS) is 15.9. The maximum Gasteiger partial charge on any atom is 0.254 e. The average Bonchev–Trinajstić information content (AvgIpc) is 3.18. The van der Waals surface area contributed by atoms with E-state index < -0.39 is 0 Å². The fourth-order valence-electron chi connectivity index (χ4n) is 4.59. The largest absolute Gasteiger partial charge is 0.338 e. The van der Waals surface area contributed by atoms with Crippen molar-refractivity contribution in [1.82, 2.24) is 24.6 Å². The van der Waals surface area contributed by atoms with Crippen LogP contribution in [0, 0.1) is 12.8 Å². The number of benzene rings is 1. The second-order valence-corrected chi connectivity index (χ2v) is 9.21. The highest BCUT2D eigenvalue weighted by molar-refractivity contribution is 6.30. The molecule has 1 unspecified atom stereocenters. The van der Waals surface area contributed by atoms with E-state index in [1.54, 1.807) is 21.7 Å². The van der Waals surface area contributed by atoms with E-state index in [1.807, 2.05) is 50.4 Å². The number of carbonyl (C=O) groups is 2. The summed E-state index contributed by atoms with van der Waals surface area (Å²) in [5, 5.41) is 8.60. The standard InChI is InChI=1S/C26H25ClN6O2/c1-16-23-20(13-21(17-7-4-3-5-8-17)29-24(23)32(2)31-16)26(35)33-12-6-9-18(15-33)25(34)30-22-11-10-19(27)14-28-22/h3-5,7-8,10-11,13-14,18H,6,9,12,15H2,1-2H3,(H,28,30,34). The van der Waals surface area contributed by atoms with Crippen LogP contribution in [-0.2, 0) is 11.8 Å². The first-order valence-corrected chi connectivity index (χ1v) is 11.9. The molecule has 5 rings (SSSR count). The fraction of sp³-hybridized carbons (Fsp3) is 0.269. The van der Waals surface area contributed by atoms with E-state index in [9.17, 15) is 9.59 Å². The maximum absolute atomic E-state index is 13.8. The SMILES string of the molecule is Cc1nn(C)c2nc(-c3ccccc3)cc(C(=O)N3CCCC(C(=O)Nc4ccc(Cl)cn4)C3)c12. The zero-order valence-electron chi connectivity index (χ0n) is 19.5. The van der Waals surface area contributed by atoms with Crippen LogP contribution in [0.3, 0.4) is 0 Å². The van der Waals surface area contributed by atoms with Gasteiger partial charge in [-0.25, -0.2) is 9.97 Å². The first-order valence-electron chi connectivity index (χ1n) is 11.5. The van der Waals surface area contributed by atoms with E-state index in [0.717, 1.165) is 23.1 Å². The lowest BCUT2D eigenvalue weighted by Gasteiger charge is -2.32. The number of amides is 2. The minimum Gasteiger partial charge on any atom is -0.338 e. The minimum absolute atomic E-state index is 0.118. The monoisotopic (exact) mass is 488 g/mol. The Labute approximate surface area is 207 Å². The van der Waals surface area contributed by atoms with Crippen LogP contribution in [0.1, 0.15) is 28.9 Å². The van der Waals surface area contributed by atoms with Gasteiger partial charge in [0.15, 0.2) is 5.65 Å². The van der Waals surface area contributed by atoms with Gasteiger partial charge in [0.25, 0.3) is 5.91 Å². The van der Waals surface area contributed by atoms with Crippen molar-refractivity contribution in [2.75, 3.05) is 18.4 Å². The van der Waals surface area contributed by atoms with Crippen LogP contribution in [0.4, 0.5) is 5.82 Å². The molecule has 35 heavy (non-hydrogen) atoms. The molecule has 4 heterocycles. The lowest BCUT2D eigenvalue weighted by atomic mass is 9.95. The van der Waals surface area contributed by atoms with Crippen molar-refractivity contribution in [3.05, 3.63) is 71.0 Å². The number of nitrogens with one attached hydrogen (secondary N) is 1. The molecule has 1 aliphatic heterocycles. The Morgan fingerprint density at radius 1 is 1.14 bits per heavy atom. The summed E-state index contributed by atoms with van der Waals surface area (Å²) in [6, 6.07) is 15.0. The number of carbonyl (C=O) groups excluding carboxylic acids is 2. The number of piperidine rings is 1. The predicted octanol–water partition coefficient (Wildman–Crippen LogP) is 4.48. The summed E-state index contributed by atoms with van der Waals surface area (Å²) in [5.41, 5.74) is 3.60. The molecule has 1 fully saturated rings. The van der Waals surface area contributed by atoms with Gasteiger partial charge >= 0.3 is 0 Å². The van der Waals surface area contributed by atoms with Gasteiger partial charge in [-0.3, -0.25) is 14.3 Å². The molecule has 8 nitrogen and oxygen atoms in total. The number of nitrogens with zero attached hydrogens (tertiary/aromatic N) is 5. The minimum atomic E-state index is -0.328. The number of pyridine rings is 2. The predicted molar refractivity (Wildman–Crippen MR) is 135 cm³/mol. The number of anilines is 1. The number of hydrogen-bond acceptors (Lipinski definition) is 5. The molecule has 1 saturated heterocycles. The van der Waals surface area contributed by atoms with E-state index in [-0.39, 0.29) is 17.7 Å². The molecule has 0 saturated carbocycles. The van der Waals surface area contributed by atoms with Crippen molar-refractivity contribution in [2.24, 2.45) is 13.0 Å². The third kappa shape index (κ3) is 4.61. The van der Waals surface area contributed by atoms with Crippen LogP contribution in [0.5, 0.6) is 0 Å². The van der Waals surface area contributed by atoms with Crippen molar-refractivity contribution in [2.45, 2.75) is 19.8 Å². The van der Waals surface area contributed by atoms with Gasteiger partial charge in [-0.05, 0) is 38.0 Å². The van der Waals surface area contributed by atoms with Gasteiger partial charge in [0, 0.05) is 31.9 Å². The first-order chi connectivity index (χ1) is 16.9. The number of aromatic nitrogens is 4. The van der Waals surface area contributed by atoms with E-state index in [2.05, 4.69) is 15.4 Å². The summed E-state index contributed by atoms with van der Waals surface area (Å²) in [6.45, 7) is 2.81. The number of likely N-dealkylation sites (tertiary alicyclic amines) is 1. The smallest absolute Gasteiger partial charge is 0.254 e. The quantitative estimate of drug-likeness (QED) is 0.457. The lowest BCUT2D eigenvalue weighted by Crippen LogP contribution is -2.44. The van der Waals surface area contributed by atoms with Gasteiger partial charge in [-0.15, -0.1) is 0 Å². The summed E-state index contributed by atoms with van der Waals surface area (Å²) in [5.74, 6) is -0.157. The number of hydrogen-bond donors (Lipinski definition) is 1. The maximum atomic E-state index is 13.8. The van der Waals surface area contributed by atoms with Crippen LogP contribution in [0.25, 0.3) is 22.3 Å². The van der Waals surface area contributed by atoms with Gasteiger partial charge in [0.1, 0.15) is 5.82 Å². The topological polar surface area (TPSA) is 93.0 Å². The number of fused-ring (bicyclic) bond motifs is 1. The van der Waals surface area contributed by atoms with E-state index in [0.29, 0.717) is 47.3 Å². The lowest BCUT2D eigenvalue weighted by molar-refractivity contribution is -0.121. The van der Waals surface area contributed by atoms with Crippen molar-refractivity contribution in [1.29, 1.82) is 0 Å². The molecule has 0 aliphatic carbocycles. The van der Waals surface area contributed by atoms with Crippen molar-refractivity contribution >= 4 is 40.3 Å². The second kappa shape index (κ2) is 9.46. The van der Waals surface area contributed by atoms with E-state index >= 15 is 0 Å². The number of halogens is 1. The molecule has 3 aromatic heterocycles. The summed E-state index contributed by atoms with van der Waals surface area (Å²) >= 11 is 5.88. The van der Waals surface area contributed by atoms with Crippen LogP contribution in [-0.4, -0.2) is 49.6 Å². The number of rotatable bonds is 4. The number of aryl methyl sites for hydroxylation is 2. The molecule has 0 spiro atoms. The van der Waals surface area contributed by atoms with Crippen LogP contribution in [0.15, 0.2) is 54.7 Å². The van der Waals surface area contributed by atoms with Gasteiger partial charge in [-0.2, -0.15) is 5.10 Å². The van der Waals surface area contributed by atoms with E-state index in [4.69, 9.17) is 16.6 Å². The molecule has 1 aliphatic rings. The van der Waals surface area contributed by atoms with Crippen molar-refractivity contribution < 1.29 is 9.59 Å². The van der Waals surface area contributed by atoms with Crippen molar-refractivity contribution in [3.63, 3.8) is 0 Å². The van der Waals surface area contributed by atoms with Crippen LogP contribution in [0.2, 0.25) is 5.02 Å². The van der Waals surface area contributed by atoms with Gasteiger partial charge in [0.05, 0.1) is 33.3 Å². The Morgan fingerprint density at radius 3 is 2.69 bits per heavy atom. The Kier molecular flexibility index (Phi) is 6.21. The van der Waals surface area contributed by atoms with Crippen LogP contribution >= 0.6 is 11.6 Å². The first kappa shape index (κ1) is 23.0. The van der Waals surface area contributed by atoms with Gasteiger partial charge in [-0.1, -0.05) is 41.9 Å². The summed E-state index contributed by atoms with van der Waals surface area (Å²) in [7, 11) is 1.83. The second-order valence-electron chi connectivity index (χ2n) is 8.77. The average molecular weight is 489 g/mol. The van der Waals surface area contributed by atoms with Gasteiger partial charge < -0.3 is 10.2 Å². The Balaban J connectivity index is 1.44. The fourth-order valence-corrected chi connectivity index (χ4v) is 4.71. The van der Waals surface area contributed by atoms with E-state index in [1.165, 1.54) is 6.20 Å². The zero-order valence-corrected chi connectivity index (χ0v) is 20.3. The highest BCUT2D eigenvalue weighted by Gasteiger charge is 2.31.